The second-order valence-corrected chi connectivity index (χ2v) is 3.12. The zero-order valence-electron chi connectivity index (χ0n) is 7.88. The third kappa shape index (κ3) is 3.30. The van der Waals surface area contributed by atoms with Gasteiger partial charge in [-0.1, -0.05) is 24.3 Å². The van der Waals surface area contributed by atoms with E-state index in [1.165, 1.54) is 5.56 Å². The van der Waals surface area contributed by atoms with Crippen molar-refractivity contribution >= 4 is 0 Å². The van der Waals surface area contributed by atoms with Gasteiger partial charge in [0.1, 0.15) is 5.75 Å². The van der Waals surface area contributed by atoms with Crippen LogP contribution in [0.3, 0.4) is 0 Å². The van der Waals surface area contributed by atoms with E-state index in [9.17, 15) is 0 Å². The first kappa shape index (κ1) is 9.81. The molecule has 1 aromatic rings. The van der Waals surface area contributed by atoms with E-state index in [2.05, 4.69) is 11.9 Å². The van der Waals surface area contributed by atoms with E-state index in [-0.39, 0.29) is 0 Å². The number of rotatable bonds is 4. The number of hydrogen-bond acceptors (Lipinski definition) is 2. The fourth-order valence-electron chi connectivity index (χ4n) is 1.21. The molecule has 0 fully saturated rings. The van der Waals surface area contributed by atoms with Gasteiger partial charge in [0, 0.05) is 6.54 Å². The van der Waals surface area contributed by atoms with Crippen molar-refractivity contribution in [2.24, 2.45) is 0 Å². The molecule has 0 heterocycles. The number of hydrogen-bond donors (Lipinski definition) is 2. The van der Waals surface area contributed by atoms with E-state index in [1.807, 2.05) is 19.2 Å². The van der Waals surface area contributed by atoms with Crippen LogP contribution in [-0.2, 0) is 6.42 Å². The minimum absolute atomic E-state index is 0.308. The summed E-state index contributed by atoms with van der Waals surface area (Å²) in [4.78, 5) is 0. The van der Waals surface area contributed by atoms with Gasteiger partial charge in [0.05, 0.1) is 0 Å². The van der Waals surface area contributed by atoms with Crippen molar-refractivity contribution < 1.29 is 5.11 Å². The average Bonchev–Trinajstić information content (AvgIpc) is 2.09. The summed E-state index contributed by atoms with van der Waals surface area (Å²) in [6.45, 7) is 4.77. The zero-order valence-corrected chi connectivity index (χ0v) is 7.88. The Morgan fingerprint density at radius 1 is 1.38 bits per heavy atom. The molecule has 0 aliphatic carbocycles. The molecule has 2 nitrogen and oxygen atoms in total. The maximum absolute atomic E-state index is 9.06. The SMILES string of the molecule is C=C(CNC)Cc1ccc(O)cc1. The number of benzene rings is 1. The number of phenols is 1. The van der Waals surface area contributed by atoms with E-state index < -0.39 is 0 Å². The Bertz CT molecular complexity index is 277. The summed E-state index contributed by atoms with van der Waals surface area (Å²) in [6, 6.07) is 7.22. The molecule has 1 aromatic carbocycles. The predicted octanol–water partition coefficient (Wildman–Crippen LogP) is 1.71. The predicted molar refractivity (Wildman–Crippen MR) is 54.9 cm³/mol. The van der Waals surface area contributed by atoms with Gasteiger partial charge in [-0.2, -0.15) is 0 Å². The second-order valence-electron chi connectivity index (χ2n) is 3.12. The molecule has 0 aliphatic rings. The highest BCUT2D eigenvalue weighted by Crippen LogP contribution is 2.12. The van der Waals surface area contributed by atoms with Crippen LogP contribution in [0.25, 0.3) is 0 Å². The highest BCUT2D eigenvalue weighted by atomic mass is 16.3. The van der Waals surface area contributed by atoms with E-state index >= 15 is 0 Å². The van der Waals surface area contributed by atoms with Crippen molar-refractivity contribution in [3.05, 3.63) is 42.0 Å². The molecule has 0 atom stereocenters. The molecule has 2 heteroatoms. The Balaban J connectivity index is 2.54. The molecule has 0 saturated carbocycles. The number of aromatic hydroxyl groups is 1. The van der Waals surface area contributed by atoms with Gasteiger partial charge in [0.25, 0.3) is 0 Å². The highest BCUT2D eigenvalue weighted by Gasteiger charge is 1.96. The van der Waals surface area contributed by atoms with Crippen LogP contribution < -0.4 is 5.32 Å². The molecule has 0 saturated heterocycles. The molecule has 0 radical (unpaired) electrons. The summed E-state index contributed by atoms with van der Waals surface area (Å²) in [5.41, 5.74) is 2.33. The fraction of sp³-hybridized carbons (Fsp3) is 0.273. The lowest BCUT2D eigenvalue weighted by Crippen LogP contribution is -2.11. The second kappa shape index (κ2) is 4.67. The van der Waals surface area contributed by atoms with Gasteiger partial charge in [0.2, 0.25) is 0 Å². The first-order chi connectivity index (χ1) is 6.22. The number of nitrogens with one attached hydrogen (secondary N) is 1. The molecule has 0 aromatic heterocycles. The van der Waals surface area contributed by atoms with Crippen molar-refractivity contribution in [2.75, 3.05) is 13.6 Å². The molecule has 13 heavy (non-hydrogen) atoms. The van der Waals surface area contributed by atoms with Crippen molar-refractivity contribution in [1.82, 2.24) is 5.32 Å². The van der Waals surface area contributed by atoms with Gasteiger partial charge in [-0.3, -0.25) is 0 Å². The Labute approximate surface area is 78.9 Å². The summed E-state index contributed by atoms with van der Waals surface area (Å²) in [7, 11) is 1.90. The van der Waals surface area contributed by atoms with Gasteiger partial charge in [-0.25, -0.2) is 0 Å². The summed E-state index contributed by atoms with van der Waals surface area (Å²) < 4.78 is 0. The van der Waals surface area contributed by atoms with Crippen molar-refractivity contribution in [2.45, 2.75) is 6.42 Å². The van der Waals surface area contributed by atoms with Gasteiger partial charge < -0.3 is 10.4 Å². The minimum atomic E-state index is 0.308. The van der Waals surface area contributed by atoms with Crippen LogP contribution in [0.1, 0.15) is 5.56 Å². The maximum atomic E-state index is 9.06. The first-order valence-electron chi connectivity index (χ1n) is 4.31. The van der Waals surface area contributed by atoms with Gasteiger partial charge in [0.15, 0.2) is 0 Å². The topological polar surface area (TPSA) is 32.3 Å². The third-order valence-electron chi connectivity index (χ3n) is 1.82. The molecular weight excluding hydrogens is 162 g/mol. The van der Waals surface area contributed by atoms with Crippen LogP contribution in [0.15, 0.2) is 36.4 Å². The van der Waals surface area contributed by atoms with Crippen LogP contribution in [-0.4, -0.2) is 18.7 Å². The van der Waals surface area contributed by atoms with Crippen LogP contribution in [0.4, 0.5) is 0 Å². The quantitative estimate of drug-likeness (QED) is 0.686. The molecule has 0 spiro atoms. The van der Waals surface area contributed by atoms with E-state index in [1.54, 1.807) is 12.1 Å². The fourth-order valence-corrected chi connectivity index (χ4v) is 1.21. The van der Waals surface area contributed by atoms with Crippen LogP contribution in [0.2, 0.25) is 0 Å². The molecule has 1 rings (SSSR count). The van der Waals surface area contributed by atoms with Gasteiger partial charge in [-0.15, -0.1) is 0 Å². The standard InChI is InChI=1S/C11H15NO/c1-9(8-12-2)7-10-3-5-11(13)6-4-10/h3-6,12-13H,1,7-8H2,2H3. The molecule has 0 amide bonds. The lowest BCUT2D eigenvalue weighted by atomic mass is 10.1. The third-order valence-corrected chi connectivity index (χ3v) is 1.82. The van der Waals surface area contributed by atoms with Crippen molar-refractivity contribution in [1.29, 1.82) is 0 Å². The number of phenolic OH excluding ortho intramolecular Hbond substituents is 1. The largest absolute Gasteiger partial charge is 0.508 e. The molecule has 0 aliphatic heterocycles. The van der Waals surface area contributed by atoms with E-state index in [0.717, 1.165) is 18.5 Å². The van der Waals surface area contributed by atoms with Gasteiger partial charge >= 0.3 is 0 Å². The maximum Gasteiger partial charge on any atom is 0.115 e. The summed E-state index contributed by atoms with van der Waals surface area (Å²) in [5.74, 6) is 0.308. The average molecular weight is 177 g/mol. The van der Waals surface area contributed by atoms with Crippen molar-refractivity contribution in [3.63, 3.8) is 0 Å². The van der Waals surface area contributed by atoms with Crippen LogP contribution in [0, 0.1) is 0 Å². The molecule has 2 N–H and O–H groups in total. The lowest BCUT2D eigenvalue weighted by Gasteiger charge is -2.04. The zero-order chi connectivity index (χ0) is 9.68. The minimum Gasteiger partial charge on any atom is -0.508 e. The first-order valence-corrected chi connectivity index (χ1v) is 4.31. The molecule has 70 valence electrons. The Kier molecular flexibility index (Phi) is 3.53. The van der Waals surface area contributed by atoms with E-state index in [4.69, 9.17) is 5.11 Å². The lowest BCUT2D eigenvalue weighted by molar-refractivity contribution is 0.475. The van der Waals surface area contributed by atoms with Crippen LogP contribution in [0.5, 0.6) is 5.75 Å². The normalized spacial score (nSPS) is 9.92. The highest BCUT2D eigenvalue weighted by molar-refractivity contribution is 5.28. The Hall–Kier alpha value is -1.28. The Morgan fingerprint density at radius 2 is 2.00 bits per heavy atom. The monoisotopic (exact) mass is 177 g/mol. The summed E-state index contributed by atoms with van der Waals surface area (Å²) >= 11 is 0. The molecule has 0 unspecified atom stereocenters. The molecular formula is C11H15NO. The number of likely N-dealkylation sites (N-methyl/N-ethyl adjacent to an activating group) is 1. The van der Waals surface area contributed by atoms with Crippen LogP contribution >= 0.6 is 0 Å². The molecule has 0 bridgehead atoms. The Morgan fingerprint density at radius 3 is 2.54 bits per heavy atom. The summed E-state index contributed by atoms with van der Waals surface area (Å²) in [5, 5.41) is 12.1. The van der Waals surface area contributed by atoms with Gasteiger partial charge in [-0.05, 0) is 31.2 Å². The smallest absolute Gasteiger partial charge is 0.115 e. The van der Waals surface area contributed by atoms with E-state index in [0.29, 0.717) is 5.75 Å². The summed E-state index contributed by atoms with van der Waals surface area (Å²) in [6.07, 6.45) is 0.862. The van der Waals surface area contributed by atoms with Crippen molar-refractivity contribution in [3.8, 4) is 5.75 Å².